The van der Waals surface area contributed by atoms with Gasteiger partial charge in [-0.15, -0.1) is 0 Å². The highest BCUT2D eigenvalue weighted by Gasteiger charge is 2.26. The van der Waals surface area contributed by atoms with Crippen molar-refractivity contribution in [2.24, 2.45) is 0 Å². The Balaban J connectivity index is 1.60. The van der Waals surface area contributed by atoms with Crippen molar-refractivity contribution in [1.82, 2.24) is 14.9 Å². The van der Waals surface area contributed by atoms with Gasteiger partial charge in [0.1, 0.15) is 5.82 Å². The van der Waals surface area contributed by atoms with E-state index in [0.29, 0.717) is 5.95 Å². The first-order chi connectivity index (χ1) is 10.2. The summed E-state index contributed by atoms with van der Waals surface area (Å²) in [6.45, 7) is 6.82. The summed E-state index contributed by atoms with van der Waals surface area (Å²) in [6, 6.07) is 0.763. The monoisotopic (exact) mass is 289 g/mol. The molecule has 116 valence electrons. The number of hydrogen-bond acceptors (Lipinski definition) is 5. The number of nitrogens with two attached hydrogens (primary N) is 1. The SMILES string of the molecule is Cc1cnc(N)nc1N1CCC(N2CCCCCC2)CC1. The van der Waals surface area contributed by atoms with Crippen molar-refractivity contribution >= 4 is 11.8 Å². The second-order valence-corrected chi connectivity index (χ2v) is 6.40. The molecule has 3 heterocycles. The maximum Gasteiger partial charge on any atom is 0.221 e. The van der Waals surface area contributed by atoms with E-state index in [-0.39, 0.29) is 0 Å². The lowest BCUT2D eigenvalue weighted by Gasteiger charge is -2.39. The predicted molar refractivity (Wildman–Crippen MR) is 86.5 cm³/mol. The van der Waals surface area contributed by atoms with Crippen molar-refractivity contribution in [1.29, 1.82) is 0 Å². The van der Waals surface area contributed by atoms with Crippen molar-refractivity contribution in [2.75, 3.05) is 36.8 Å². The van der Waals surface area contributed by atoms with Crippen molar-refractivity contribution in [3.63, 3.8) is 0 Å². The minimum absolute atomic E-state index is 0.380. The van der Waals surface area contributed by atoms with Crippen LogP contribution in [-0.4, -0.2) is 47.1 Å². The smallest absolute Gasteiger partial charge is 0.221 e. The molecule has 1 aromatic heterocycles. The lowest BCUT2D eigenvalue weighted by molar-refractivity contribution is 0.175. The largest absolute Gasteiger partial charge is 0.368 e. The van der Waals surface area contributed by atoms with Gasteiger partial charge in [-0.3, -0.25) is 0 Å². The maximum absolute atomic E-state index is 5.74. The summed E-state index contributed by atoms with van der Waals surface area (Å²) in [5.74, 6) is 1.40. The quantitative estimate of drug-likeness (QED) is 0.904. The van der Waals surface area contributed by atoms with Gasteiger partial charge in [0.05, 0.1) is 0 Å². The zero-order valence-electron chi connectivity index (χ0n) is 13.1. The van der Waals surface area contributed by atoms with Crippen LogP contribution in [-0.2, 0) is 0 Å². The minimum Gasteiger partial charge on any atom is -0.368 e. The van der Waals surface area contributed by atoms with E-state index in [2.05, 4.69) is 26.7 Å². The Kier molecular flexibility index (Phi) is 4.58. The van der Waals surface area contributed by atoms with E-state index in [1.165, 1.54) is 51.6 Å². The topological polar surface area (TPSA) is 58.3 Å². The van der Waals surface area contributed by atoms with E-state index in [1.807, 2.05) is 6.20 Å². The molecule has 5 heteroatoms. The molecule has 0 amide bonds. The van der Waals surface area contributed by atoms with Crippen LogP contribution in [0.5, 0.6) is 0 Å². The number of hydrogen-bond donors (Lipinski definition) is 1. The molecule has 0 atom stereocenters. The van der Waals surface area contributed by atoms with E-state index in [0.717, 1.165) is 30.5 Å². The normalized spacial score (nSPS) is 22.2. The fourth-order valence-corrected chi connectivity index (χ4v) is 3.67. The third kappa shape index (κ3) is 3.46. The Bertz CT molecular complexity index is 460. The summed E-state index contributed by atoms with van der Waals surface area (Å²) in [6.07, 6.45) is 9.89. The first kappa shape index (κ1) is 14.6. The summed E-state index contributed by atoms with van der Waals surface area (Å²) in [5, 5.41) is 0. The van der Waals surface area contributed by atoms with Crippen LogP contribution in [0, 0.1) is 6.92 Å². The van der Waals surface area contributed by atoms with E-state index in [1.54, 1.807) is 0 Å². The second-order valence-electron chi connectivity index (χ2n) is 6.40. The van der Waals surface area contributed by atoms with Gasteiger partial charge >= 0.3 is 0 Å². The van der Waals surface area contributed by atoms with Gasteiger partial charge in [0.25, 0.3) is 0 Å². The van der Waals surface area contributed by atoms with Crippen molar-refractivity contribution in [2.45, 2.75) is 51.5 Å². The number of piperidine rings is 1. The zero-order chi connectivity index (χ0) is 14.7. The first-order valence-electron chi connectivity index (χ1n) is 8.32. The zero-order valence-corrected chi connectivity index (χ0v) is 13.1. The van der Waals surface area contributed by atoms with Crippen LogP contribution in [0.3, 0.4) is 0 Å². The standard InChI is InChI=1S/C16H27N5/c1-13-12-18-16(17)19-15(13)21-10-6-14(7-11-21)20-8-4-2-3-5-9-20/h12,14H,2-11H2,1H3,(H2,17,18,19). The summed E-state index contributed by atoms with van der Waals surface area (Å²) in [4.78, 5) is 13.6. The van der Waals surface area contributed by atoms with Crippen molar-refractivity contribution < 1.29 is 0 Å². The molecule has 3 rings (SSSR count). The highest BCUT2D eigenvalue weighted by atomic mass is 15.2. The van der Waals surface area contributed by atoms with Crippen LogP contribution >= 0.6 is 0 Å². The van der Waals surface area contributed by atoms with Crippen LogP contribution < -0.4 is 10.6 Å². The van der Waals surface area contributed by atoms with Crippen molar-refractivity contribution in [3.05, 3.63) is 11.8 Å². The van der Waals surface area contributed by atoms with Gasteiger partial charge in [-0.1, -0.05) is 12.8 Å². The molecule has 1 aromatic rings. The lowest BCUT2D eigenvalue weighted by Crippen LogP contribution is -2.45. The summed E-state index contributed by atoms with van der Waals surface area (Å²) >= 11 is 0. The average molecular weight is 289 g/mol. The van der Waals surface area contributed by atoms with Gasteiger partial charge in [0.15, 0.2) is 0 Å². The third-order valence-corrected chi connectivity index (χ3v) is 4.88. The molecule has 0 aliphatic carbocycles. The predicted octanol–water partition coefficient (Wildman–Crippen LogP) is 2.21. The fraction of sp³-hybridized carbons (Fsp3) is 0.750. The molecule has 0 aromatic carbocycles. The highest BCUT2D eigenvalue weighted by molar-refractivity contribution is 5.48. The average Bonchev–Trinajstić information content (AvgIpc) is 2.79. The molecule has 0 saturated carbocycles. The van der Waals surface area contributed by atoms with Crippen molar-refractivity contribution in [3.8, 4) is 0 Å². The Hall–Kier alpha value is -1.36. The van der Waals surface area contributed by atoms with Crippen LogP contribution in [0.25, 0.3) is 0 Å². The van der Waals surface area contributed by atoms with Crippen LogP contribution in [0.2, 0.25) is 0 Å². The Morgan fingerprint density at radius 3 is 2.38 bits per heavy atom. The molecule has 2 aliphatic rings. The minimum atomic E-state index is 0.380. The number of anilines is 2. The summed E-state index contributed by atoms with van der Waals surface area (Å²) in [5.41, 5.74) is 6.86. The number of nitrogens with zero attached hydrogens (tertiary/aromatic N) is 4. The molecule has 2 fully saturated rings. The molecule has 0 bridgehead atoms. The van der Waals surface area contributed by atoms with Gasteiger partial charge in [-0.2, -0.15) is 4.98 Å². The van der Waals surface area contributed by atoms with Crippen LogP contribution in [0.4, 0.5) is 11.8 Å². The van der Waals surface area contributed by atoms with Gasteiger partial charge in [-0.05, 0) is 45.7 Å². The molecule has 2 N–H and O–H groups in total. The lowest BCUT2D eigenvalue weighted by atomic mass is 10.0. The Labute approximate surface area is 127 Å². The van der Waals surface area contributed by atoms with E-state index < -0.39 is 0 Å². The number of aromatic nitrogens is 2. The molecular formula is C16H27N5. The molecule has 0 unspecified atom stereocenters. The fourth-order valence-electron chi connectivity index (χ4n) is 3.67. The Morgan fingerprint density at radius 1 is 1.05 bits per heavy atom. The van der Waals surface area contributed by atoms with Gasteiger partial charge in [0, 0.05) is 30.9 Å². The molecule has 0 radical (unpaired) electrons. The highest BCUT2D eigenvalue weighted by Crippen LogP contribution is 2.25. The Morgan fingerprint density at radius 2 is 1.71 bits per heavy atom. The van der Waals surface area contributed by atoms with Gasteiger partial charge in [0.2, 0.25) is 5.95 Å². The molecule has 2 saturated heterocycles. The second kappa shape index (κ2) is 6.60. The number of likely N-dealkylation sites (tertiary alicyclic amines) is 1. The van der Waals surface area contributed by atoms with Crippen LogP contribution in [0.1, 0.15) is 44.1 Å². The van der Waals surface area contributed by atoms with Gasteiger partial charge < -0.3 is 15.5 Å². The molecule has 21 heavy (non-hydrogen) atoms. The van der Waals surface area contributed by atoms with Crippen LogP contribution in [0.15, 0.2) is 6.20 Å². The van der Waals surface area contributed by atoms with E-state index in [4.69, 9.17) is 5.73 Å². The number of rotatable bonds is 2. The molecule has 5 nitrogen and oxygen atoms in total. The summed E-state index contributed by atoms with van der Waals surface area (Å²) < 4.78 is 0. The third-order valence-electron chi connectivity index (χ3n) is 4.88. The van der Waals surface area contributed by atoms with E-state index in [9.17, 15) is 0 Å². The number of aryl methyl sites for hydroxylation is 1. The van der Waals surface area contributed by atoms with E-state index >= 15 is 0 Å². The number of nitrogen functional groups attached to an aromatic ring is 1. The maximum atomic E-state index is 5.74. The molecule has 2 aliphatic heterocycles. The molecular weight excluding hydrogens is 262 g/mol. The van der Waals surface area contributed by atoms with Gasteiger partial charge in [-0.25, -0.2) is 4.98 Å². The first-order valence-corrected chi connectivity index (χ1v) is 8.32. The summed E-state index contributed by atoms with van der Waals surface area (Å²) in [7, 11) is 0. The molecule has 0 spiro atoms.